The smallest absolute Gasteiger partial charge is 0.209 e. The monoisotopic (exact) mass is 296 g/mol. The molecule has 8 heteroatoms. The summed E-state index contributed by atoms with van der Waals surface area (Å²) in [4.78, 5) is 3.82. The summed E-state index contributed by atoms with van der Waals surface area (Å²) < 4.78 is 14.8. The first-order chi connectivity index (χ1) is 9.65. The standard InChI is InChI=1S/C12H17FN6S/c1-9(2)15-3-4-19-12(16-17-18-19)20-8-10-5-11(13)7-14-6-10/h5-7,9,15H,3-4,8H2,1-2H3. The lowest BCUT2D eigenvalue weighted by Gasteiger charge is -2.08. The molecule has 0 aromatic carbocycles. The van der Waals surface area contributed by atoms with E-state index in [9.17, 15) is 4.39 Å². The molecule has 108 valence electrons. The van der Waals surface area contributed by atoms with Crippen LogP contribution in [0.1, 0.15) is 19.4 Å². The predicted octanol–water partition coefficient (Wildman–Crippen LogP) is 1.50. The molecule has 0 saturated carbocycles. The summed E-state index contributed by atoms with van der Waals surface area (Å²) in [5, 5.41) is 15.6. The molecule has 1 N–H and O–H groups in total. The third-order valence-electron chi connectivity index (χ3n) is 2.50. The molecule has 0 amide bonds. The number of thioether (sulfide) groups is 1. The van der Waals surface area contributed by atoms with E-state index in [0.717, 1.165) is 17.3 Å². The molecular weight excluding hydrogens is 279 g/mol. The Hall–Kier alpha value is -1.54. The third kappa shape index (κ3) is 4.53. The van der Waals surface area contributed by atoms with Gasteiger partial charge in [-0.15, -0.1) is 5.10 Å². The maximum Gasteiger partial charge on any atom is 0.209 e. The van der Waals surface area contributed by atoms with Crippen molar-refractivity contribution < 1.29 is 4.39 Å². The second-order valence-corrected chi connectivity index (χ2v) is 5.54. The molecule has 20 heavy (non-hydrogen) atoms. The molecular formula is C12H17FN6S. The van der Waals surface area contributed by atoms with Gasteiger partial charge in [0.25, 0.3) is 0 Å². The minimum Gasteiger partial charge on any atom is -0.313 e. The van der Waals surface area contributed by atoms with Crippen molar-refractivity contribution in [1.82, 2.24) is 30.5 Å². The van der Waals surface area contributed by atoms with Gasteiger partial charge < -0.3 is 5.32 Å². The van der Waals surface area contributed by atoms with Crippen LogP contribution in [0.4, 0.5) is 4.39 Å². The van der Waals surface area contributed by atoms with E-state index in [2.05, 4.69) is 39.7 Å². The molecule has 2 aromatic rings. The molecule has 0 aliphatic heterocycles. The van der Waals surface area contributed by atoms with Crippen molar-refractivity contribution in [1.29, 1.82) is 0 Å². The normalized spacial score (nSPS) is 11.2. The van der Waals surface area contributed by atoms with Crippen molar-refractivity contribution in [2.24, 2.45) is 0 Å². The summed E-state index contributed by atoms with van der Waals surface area (Å²) >= 11 is 1.47. The van der Waals surface area contributed by atoms with Crippen LogP contribution in [0.3, 0.4) is 0 Å². The Morgan fingerprint density at radius 3 is 3.00 bits per heavy atom. The van der Waals surface area contributed by atoms with E-state index in [1.54, 1.807) is 10.9 Å². The highest BCUT2D eigenvalue weighted by Gasteiger charge is 2.07. The Balaban J connectivity index is 1.88. The Morgan fingerprint density at radius 2 is 2.25 bits per heavy atom. The van der Waals surface area contributed by atoms with E-state index < -0.39 is 0 Å². The van der Waals surface area contributed by atoms with E-state index >= 15 is 0 Å². The van der Waals surface area contributed by atoms with Crippen LogP contribution in [0.25, 0.3) is 0 Å². The van der Waals surface area contributed by atoms with Crippen molar-refractivity contribution in [3.63, 3.8) is 0 Å². The van der Waals surface area contributed by atoms with Crippen molar-refractivity contribution in [3.05, 3.63) is 29.8 Å². The van der Waals surface area contributed by atoms with Gasteiger partial charge in [-0.2, -0.15) is 0 Å². The minimum atomic E-state index is -0.330. The zero-order valence-electron chi connectivity index (χ0n) is 11.5. The van der Waals surface area contributed by atoms with Crippen LogP contribution in [0.2, 0.25) is 0 Å². The first-order valence-electron chi connectivity index (χ1n) is 6.37. The van der Waals surface area contributed by atoms with E-state index in [1.807, 2.05) is 0 Å². The second kappa shape index (κ2) is 7.30. The zero-order chi connectivity index (χ0) is 14.4. The lowest BCUT2D eigenvalue weighted by atomic mass is 10.3. The van der Waals surface area contributed by atoms with Crippen molar-refractivity contribution in [2.45, 2.75) is 37.3 Å². The van der Waals surface area contributed by atoms with Crippen LogP contribution in [-0.2, 0) is 12.3 Å². The summed E-state index contributed by atoms with van der Waals surface area (Å²) in [7, 11) is 0. The van der Waals surface area contributed by atoms with Gasteiger partial charge in [-0.25, -0.2) is 9.07 Å². The quantitative estimate of drug-likeness (QED) is 0.781. The van der Waals surface area contributed by atoms with Crippen LogP contribution in [0.5, 0.6) is 0 Å². The highest BCUT2D eigenvalue weighted by atomic mass is 32.2. The summed E-state index contributed by atoms with van der Waals surface area (Å²) in [6, 6.07) is 1.90. The number of tetrazole rings is 1. The maximum absolute atomic E-state index is 13.0. The van der Waals surface area contributed by atoms with Gasteiger partial charge in [-0.1, -0.05) is 25.6 Å². The topological polar surface area (TPSA) is 68.5 Å². The first-order valence-corrected chi connectivity index (χ1v) is 7.35. The lowest BCUT2D eigenvalue weighted by molar-refractivity contribution is 0.485. The molecule has 0 aliphatic rings. The largest absolute Gasteiger partial charge is 0.313 e. The van der Waals surface area contributed by atoms with Crippen LogP contribution in [-0.4, -0.2) is 37.8 Å². The average molecular weight is 296 g/mol. The number of pyridine rings is 1. The Kier molecular flexibility index (Phi) is 5.42. The molecule has 6 nitrogen and oxygen atoms in total. The number of hydrogen-bond acceptors (Lipinski definition) is 6. The fourth-order valence-corrected chi connectivity index (χ4v) is 2.41. The molecule has 0 atom stereocenters. The Labute approximate surface area is 121 Å². The van der Waals surface area contributed by atoms with Crippen molar-refractivity contribution >= 4 is 11.8 Å². The number of rotatable bonds is 7. The van der Waals surface area contributed by atoms with Crippen LogP contribution in [0.15, 0.2) is 23.6 Å². The van der Waals surface area contributed by atoms with Crippen molar-refractivity contribution in [3.8, 4) is 0 Å². The molecule has 0 bridgehead atoms. The Morgan fingerprint density at radius 1 is 1.40 bits per heavy atom. The summed E-state index contributed by atoms with van der Waals surface area (Å²) in [5.41, 5.74) is 0.810. The molecule has 2 rings (SSSR count). The van der Waals surface area contributed by atoms with Crippen LogP contribution < -0.4 is 5.32 Å². The highest BCUT2D eigenvalue weighted by Crippen LogP contribution is 2.19. The molecule has 0 spiro atoms. The fraction of sp³-hybridized carbons (Fsp3) is 0.500. The summed E-state index contributed by atoms with van der Waals surface area (Å²) in [5.74, 6) is 0.256. The molecule has 0 saturated heterocycles. The molecule has 2 heterocycles. The van der Waals surface area contributed by atoms with Gasteiger partial charge in [-0.3, -0.25) is 4.98 Å². The van der Waals surface area contributed by atoms with Gasteiger partial charge in [0.2, 0.25) is 5.16 Å². The number of halogens is 1. The van der Waals surface area contributed by atoms with Gasteiger partial charge in [0.05, 0.1) is 12.7 Å². The third-order valence-corrected chi connectivity index (χ3v) is 3.53. The second-order valence-electron chi connectivity index (χ2n) is 4.59. The van der Waals surface area contributed by atoms with Gasteiger partial charge in [0.15, 0.2) is 0 Å². The summed E-state index contributed by atoms with van der Waals surface area (Å²) in [6.07, 6.45) is 2.83. The van der Waals surface area contributed by atoms with E-state index in [0.29, 0.717) is 18.3 Å². The van der Waals surface area contributed by atoms with Gasteiger partial charge in [0, 0.05) is 24.5 Å². The maximum atomic E-state index is 13.0. The minimum absolute atomic E-state index is 0.330. The van der Waals surface area contributed by atoms with E-state index in [1.165, 1.54) is 24.0 Å². The van der Waals surface area contributed by atoms with Crippen LogP contribution >= 0.6 is 11.8 Å². The number of nitrogens with zero attached hydrogens (tertiary/aromatic N) is 5. The molecule has 0 fully saturated rings. The van der Waals surface area contributed by atoms with Gasteiger partial charge in [0.1, 0.15) is 5.82 Å². The van der Waals surface area contributed by atoms with Gasteiger partial charge >= 0.3 is 0 Å². The van der Waals surface area contributed by atoms with E-state index in [4.69, 9.17) is 0 Å². The lowest BCUT2D eigenvalue weighted by Crippen LogP contribution is -2.27. The molecule has 2 aromatic heterocycles. The number of nitrogens with one attached hydrogen (secondary N) is 1. The molecule has 0 aliphatic carbocycles. The van der Waals surface area contributed by atoms with Gasteiger partial charge in [-0.05, 0) is 22.1 Å². The number of aromatic nitrogens is 5. The fourth-order valence-electron chi connectivity index (χ4n) is 1.58. The average Bonchev–Trinajstić information content (AvgIpc) is 2.84. The Bertz CT molecular complexity index is 544. The van der Waals surface area contributed by atoms with Crippen LogP contribution in [0, 0.1) is 5.82 Å². The highest BCUT2D eigenvalue weighted by molar-refractivity contribution is 7.98. The predicted molar refractivity (Wildman–Crippen MR) is 74.7 cm³/mol. The zero-order valence-corrected chi connectivity index (χ0v) is 12.3. The van der Waals surface area contributed by atoms with Crippen molar-refractivity contribution in [2.75, 3.05) is 6.54 Å². The van der Waals surface area contributed by atoms with E-state index in [-0.39, 0.29) is 5.82 Å². The molecule has 0 radical (unpaired) electrons. The first kappa shape index (κ1) is 14.9. The molecule has 0 unspecified atom stereocenters. The summed E-state index contributed by atoms with van der Waals surface area (Å²) in [6.45, 7) is 5.69. The number of hydrogen-bond donors (Lipinski definition) is 1. The SMILES string of the molecule is CC(C)NCCn1nnnc1SCc1cncc(F)c1.